The molecule has 0 radical (unpaired) electrons. The smallest absolute Gasteiger partial charge is 0.238 e. The van der Waals surface area contributed by atoms with E-state index >= 15 is 0 Å². The van der Waals surface area contributed by atoms with Crippen LogP contribution in [0.3, 0.4) is 0 Å². The highest BCUT2D eigenvalue weighted by atomic mass is 79.9. The van der Waals surface area contributed by atoms with Crippen molar-refractivity contribution in [2.75, 3.05) is 45.3 Å². The van der Waals surface area contributed by atoms with Crippen LogP contribution < -0.4 is 19.5 Å². The molecule has 0 atom stereocenters. The minimum absolute atomic E-state index is 0.124. The van der Waals surface area contributed by atoms with Gasteiger partial charge in [0.1, 0.15) is 25.6 Å². The Balaban J connectivity index is 1.46. The zero-order chi connectivity index (χ0) is 19.2. The Kier molecular flexibility index (Phi) is 6.82. The van der Waals surface area contributed by atoms with Gasteiger partial charge in [-0.05, 0) is 47.2 Å². The van der Waals surface area contributed by atoms with Crippen molar-refractivity contribution in [3.05, 3.63) is 45.9 Å². The molecule has 0 bridgehead atoms. The zero-order valence-corrected chi connectivity index (χ0v) is 17.2. The number of halogens is 2. The summed E-state index contributed by atoms with van der Waals surface area (Å²) in [7, 11) is 1.86. The van der Waals surface area contributed by atoms with Crippen molar-refractivity contribution in [1.29, 1.82) is 0 Å². The molecule has 8 heteroatoms. The lowest BCUT2D eigenvalue weighted by Gasteiger charge is -2.21. The van der Waals surface area contributed by atoms with Gasteiger partial charge in [0.15, 0.2) is 11.5 Å². The summed E-state index contributed by atoms with van der Waals surface area (Å²) in [4.78, 5) is 14.2. The van der Waals surface area contributed by atoms with Crippen LogP contribution >= 0.6 is 27.5 Å². The molecule has 0 spiro atoms. The molecule has 1 heterocycles. The summed E-state index contributed by atoms with van der Waals surface area (Å²) in [5, 5.41) is 3.56. The second kappa shape index (κ2) is 9.30. The first kappa shape index (κ1) is 19.8. The molecule has 6 nitrogen and oxygen atoms in total. The summed E-state index contributed by atoms with van der Waals surface area (Å²) in [5.74, 6) is 1.92. The van der Waals surface area contributed by atoms with Crippen LogP contribution in [0, 0.1) is 0 Å². The molecule has 27 heavy (non-hydrogen) atoms. The van der Waals surface area contributed by atoms with Gasteiger partial charge < -0.3 is 19.5 Å². The summed E-state index contributed by atoms with van der Waals surface area (Å²) in [6.45, 7) is 2.34. The summed E-state index contributed by atoms with van der Waals surface area (Å²) in [5.41, 5.74) is 0.648. The molecule has 1 aliphatic heterocycles. The van der Waals surface area contributed by atoms with Crippen molar-refractivity contribution in [2.45, 2.75) is 0 Å². The lowest BCUT2D eigenvalue weighted by molar-refractivity contribution is -0.117. The monoisotopic (exact) mass is 454 g/mol. The third-order valence-corrected chi connectivity index (χ3v) is 4.78. The van der Waals surface area contributed by atoms with Crippen LogP contribution in [0.4, 0.5) is 5.69 Å². The normalized spacial score (nSPS) is 12.7. The molecule has 0 aliphatic carbocycles. The van der Waals surface area contributed by atoms with Gasteiger partial charge in [0.05, 0.1) is 12.2 Å². The maximum Gasteiger partial charge on any atom is 0.238 e. The SMILES string of the molecule is CN(CCOc1ccc(Cl)cc1)CC(=O)Nc1cc2c(cc1Br)OCCO2. The van der Waals surface area contributed by atoms with E-state index in [1.54, 1.807) is 24.3 Å². The van der Waals surface area contributed by atoms with Gasteiger partial charge in [-0.25, -0.2) is 0 Å². The topological polar surface area (TPSA) is 60.0 Å². The predicted molar refractivity (Wildman–Crippen MR) is 108 cm³/mol. The Morgan fingerprint density at radius 3 is 2.59 bits per heavy atom. The lowest BCUT2D eigenvalue weighted by Crippen LogP contribution is -2.33. The van der Waals surface area contributed by atoms with E-state index in [4.69, 9.17) is 25.8 Å². The number of anilines is 1. The molecular weight excluding hydrogens is 436 g/mol. The van der Waals surface area contributed by atoms with Gasteiger partial charge in [-0.3, -0.25) is 9.69 Å². The predicted octanol–water partition coefficient (Wildman–Crippen LogP) is 3.82. The minimum Gasteiger partial charge on any atom is -0.492 e. The van der Waals surface area contributed by atoms with Crippen LogP contribution in [0.1, 0.15) is 0 Å². The summed E-state index contributed by atoms with van der Waals surface area (Å²) in [6.07, 6.45) is 0. The van der Waals surface area contributed by atoms with Crippen molar-refractivity contribution in [3.63, 3.8) is 0 Å². The van der Waals surface area contributed by atoms with Crippen molar-refractivity contribution in [2.24, 2.45) is 0 Å². The molecule has 1 N–H and O–H groups in total. The highest BCUT2D eigenvalue weighted by molar-refractivity contribution is 9.10. The Hall–Kier alpha value is -1.96. The zero-order valence-electron chi connectivity index (χ0n) is 14.8. The Labute approximate surface area is 171 Å². The van der Waals surface area contributed by atoms with Gasteiger partial charge in [-0.1, -0.05) is 11.6 Å². The van der Waals surface area contributed by atoms with Crippen LogP contribution in [0.2, 0.25) is 5.02 Å². The number of hydrogen-bond donors (Lipinski definition) is 1. The van der Waals surface area contributed by atoms with Gasteiger partial charge in [-0.15, -0.1) is 0 Å². The average molecular weight is 456 g/mol. The highest BCUT2D eigenvalue weighted by Crippen LogP contribution is 2.38. The number of benzene rings is 2. The number of hydrogen-bond acceptors (Lipinski definition) is 5. The third kappa shape index (κ3) is 5.76. The summed E-state index contributed by atoms with van der Waals surface area (Å²) in [6, 6.07) is 10.7. The number of likely N-dealkylation sites (N-methyl/N-ethyl adjacent to an activating group) is 1. The Morgan fingerprint density at radius 2 is 1.89 bits per heavy atom. The van der Waals surface area contributed by atoms with E-state index in [1.807, 2.05) is 24.1 Å². The first-order valence-electron chi connectivity index (χ1n) is 8.47. The van der Waals surface area contributed by atoms with Gasteiger partial charge in [0.25, 0.3) is 0 Å². The van der Waals surface area contributed by atoms with E-state index in [0.717, 1.165) is 10.2 Å². The van der Waals surface area contributed by atoms with E-state index in [2.05, 4.69) is 21.2 Å². The average Bonchev–Trinajstić information content (AvgIpc) is 2.64. The fraction of sp³-hybridized carbons (Fsp3) is 0.316. The molecule has 1 aliphatic rings. The largest absolute Gasteiger partial charge is 0.492 e. The number of ether oxygens (including phenoxy) is 3. The molecule has 144 valence electrons. The van der Waals surface area contributed by atoms with Crippen LogP contribution in [0.15, 0.2) is 40.9 Å². The number of carbonyl (C=O) groups is 1. The van der Waals surface area contributed by atoms with Crippen LogP contribution in [0.25, 0.3) is 0 Å². The standard InChI is InChI=1S/C19H20BrClN2O4/c1-23(6-7-25-14-4-2-13(21)3-5-14)12-19(24)22-16-11-18-17(10-15(16)20)26-8-9-27-18/h2-5,10-11H,6-9,12H2,1H3,(H,22,24). The second-order valence-electron chi connectivity index (χ2n) is 6.06. The maximum absolute atomic E-state index is 12.3. The Morgan fingerprint density at radius 1 is 1.22 bits per heavy atom. The summed E-state index contributed by atoms with van der Waals surface area (Å²) >= 11 is 9.29. The van der Waals surface area contributed by atoms with Gasteiger partial charge in [0.2, 0.25) is 5.91 Å². The van der Waals surface area contributed by atoms with Crippen molar-refractivity contribution in [1.82, 2.24) is 4.90 Å². The first-order chi connectivity index (χ1) is 13.0. The van der Waals surface area contributed by atoms with E-state index in [1.165, 1.54) is 0 Å². The van der Waals surface area contributed by atoms with Crippen molar-refractivity contribution >= 4 is 39.1 Å². The molecule has 0 saturated heterocycles. The van der Waals surface area contributed by atoms with Gasteiger partial charge >= 0.3 is 0 Å². The quantitative estimate of drug-likeness (QED) is 0.688. The number of rotatable bonds is 7. The number of nitrogens with zero attached hydrogens (tertiary/aromatic N) is 1. The molecule has 0 saturated carbocycles. The van der Waals surface area contributed by atoms with E-state index < -0.39 is 0 Å². The molecular formula is C19H20BrClN2O4. The fourth-order valence-corrected chi connectivity index (χ4v) is 3.07. The molecule has 1 amide bonds. The second-order valence-corrected chi connectivity index (χ2v) is 7.35. The minimum atomic E-state index is -0.124. The number of nitrogens with one attached hydrogen (secondary N) is 1. The Bertz CT molecular complexity index is 801. The third-order valence-electron chi connectivity index (χ3n) is 3.87. The van der Waals surface area contributed by atoms with Crippen LogP contribution in [0.5, 0.6) is 17.2 Å². The molecule has 2 aromatic carbocycles. The van der Waals surface area contributed by atoms with Crippen molar-refractivity contribution in [3.8, 4) is 17.2 Å². The number of carbonyl (C=O) groups excluding carboxylic acids is 1. The molecule has 2 aromatic rings. The number of fused-ring (bicyclic) bond motifs is 1. The lowest BCUT2D eigenvalue weighted by atomic mass is 10.2. The molecule has 0 fully saturated rings. The molecule has 0 unspecified atom stereocenters. The van der Waals surface area contributed by atoms with E-state index in [0.29, 0.717) is 48.6 Å². The number of amides is 1. The van der Waals surface area contributed by atoms with Gasteiger partial charge in [0, 0.05) is 28.2 Å². The van der Waals surface area contributed by atoms with Crippen LogP contribution in [-0.2, 0) is 4.79 Å². The van der Waals surface area contributed by atoms with Crippen molar-refractivity contribution < 1.29 is 19.0 Å². The van der Waals surface area contributed by atoms with E-state index in [9.17, 15) is 4.79 Å². The summed E-state index contributed by atoms with van der Waals surface area (Å²) < 4.78 is 17.5. The highest BCUT2D eigenvalue weighted by Gasteiger charge is 2.16. The first-order valence-corrected chi connectivity index (χ1v) is 9.64. The van der Waals surface area contributed by atoms with E-state index in [-0.39, 0.29) is 12.5 Å². The molecule has 0 aromatic heterocycles. The maximum atomic E-state index is 12.3. The fourth-order valence-electron chi connectivity index (χ4n) is 2.52. The molecule has 3 rings (SSSR count). The van der Waals surface area contributed by atoms with Gasteiger partial charge in [-0.2, -0.15) is 0 Å². The van der Waals surface area contributed by atoms with Crippen LogP contribution in [-0.4, -0.2) is 50.8 Å².